The lowest BCUT2D eigenvalue weighted by molar-refractivity contribution is -0.00253. The van der Waals surface area contributed by atoms with Gasteiger partial charge >= 0.3 is 0 Å². The minimum Gasteiger partial charge on any atom is -0.508 e. The number of phenols is 1. The fraction of sp³-hybridized carbons (Fsp3) is 0.400. The lowest BCUT2D eigenvalue weighted by Crippen LogP contribution is -2.64. The van der Waals surface area contributed by atoms with Crippen molar-refractivity contribution < 1.29 is 15.3 Å². The molecule has 3 atom stereocenters. The normalized spacial score (nSPS) is 25.5. The average Bonchev–Trinajstić information content (AvgIpc) is 2.90. The topological polar surface area (TPSA) is 76.0 Å². The standard InChI is InChI=1S/C30H36N2O3/c1-30(35,20-33)25-12-13-26(34)24(18-25)19-31-28-23-14-16-32(17-15-23)29(28)27(21-8-4-2-5-9-21)22-10-6-3-7-11-22/h2-13,18,23,27-29,31,33-35H,14-17,19-20H2,1H3/t28-,29-,30?/m0/s1. The van der Waals surface area contributed by atoms with E-state index in [-0.39, 0.29) is 24.3 Å². The number of nitrogens with one attached hydrogen (secondary N) is 1. The van der Waals surface area contributed by atoms with Crippen LogP contribution in [-0.2, 0) is 12.1 Å². The quantitative estimate of drug-likeness (QED) is 0.399. The summed E-state index contributed by atoms with van der Waals surface area (Å²) >= 11 is 0. The molecule has 3 aliphatic heterocycles. The molecule has 5 nitrogen and oxygen atoms in total. The van der Waals surface area contributed by atoms with Crippen molar-refractivity contribution in [2.75, 3.05) is 19.7 Å². The van der Waals surface area contributed by atoms with E-state index in [4.69, 9.17) is 0 Å². The fourth-order valence-corrected chi connectivity index (χ4v) is 6.08. The van der Waals surface area contributed by atoms with Gasteiger partial charge in [0, 0.05) is 30.1 Å². The molecule has 0 amide bonds. The minimum absolute atomic E-state index is 0.204. The van der Waals surface area contributed by atoms with Gasteiger partial charge < -0.3 is 20.6 Å². The van der Waals surface area contributed by atoms with Gasteiger partial charge in [0.05, 0.1) is 6.61 Å². The van der Waals surface area contributed by atoms with Crippen LogP contribution < -0.4 is 5.32 Å². The van der Waals surface area contributed by atoms with Gasteiger partial charge in [-0.05, 0) is 67.6 Å². The third-order valence-electron chi connectivity index (χ3n) is 8.07. The van der Waals surface area contributed by atoms with Gasteiger partial charge in [0.1, 0.15) is 11.4 Å². The molecule has 2 bridgehead atoms. The zero-order valence-corrected chi connectivity index (χ0v) is 20.3. The maximum absolute atomic E-state index is 10.6. The summed E-state index contributed by atoms with van der Waals surface area (Å²) in [6.45, 7) is 3.95. The van der Waals surface area contributed by atoms with Crippen LogP contribution >= 0.6 is 0 Å². The summed E-state index contributed by atoms with van der Waals surface area (Å²) in [4.78, 5) is 2.65. The number of piperidine rings is 3. The monoisotopic (exact) mass is 472 g/mol. The number of benzene rings is 3. The third kappa shape index (κ3) is 4.87. The number of fused-ring (bicyclic) bond motifs is 3. The summed E-state index contributed by atoms with van der Waals surface area (Å²) < 4.78 is 0. The molecule has 184 valence electrons. The summed E-state index contributed by atoms with van der Waals surface area (Å²) in [6.07, 6.45) is 2.35. The van der Waals surface area contributed by atoms with Crippen LogP contribution in [0.3, 0.4) is 0 Å². The molecule has 0 spiro atoms. The highest BCUT2D eigenvalue weighted by molar-refractivity contribution is 5.39. The van der Waals surface area contributed by atoms with Gasteiger partial charge in [-0.3, -0.25) is 4.90 Å². The van der Waals surface area contributed by atoms with Crippen molar-refractivity contribution in [1.82, 2.24) is 10.2 Å². The van der Waals surface area contributed by atoms with Gasteiger partial charge in [-0.25, -0.2) is 0 Å². The first-order valence-electron chi connectivity index (χ1n) is 12.7. The number of aliphatic hydroxyl groups excluding tert-OH is 1. The van der Waals surface area contributed by atoms with Crippen molar-refractivity contribution in [1.29, 1.82) is 0 Å². The van der Waals surface area contributed by atoms with E-state index in [9.17, 15) is 15.3 Å². The zero-order valence-electron chi connectivity index (χ0n) is 20.3. The fourth-order valence-electron chi connectivity index (χ4n) is 6.08. The molecular weight excluding hydrogens is 436 g/mol. The first-order chi connectivity index (χ1) is 17.0. The molecule has 3 aromatic carbocycles. The first kappa shape index (κ1) is 24.0. The zero-order chi connectivity index (χ0) is 24.4. The SMILES string of the molecule is CC(O)(CO)c1ccc(O)c(CN[C@H]2C3CCN(CC3)[C@H]2C(c2ccccc2)c2ccccc2)c1. The molecule has 0 radical (unpaired) electrons. The summed E-state index contributed by atoms with van der Waals surface area (Å²) in [6, 6.07) is 27.3. The van der Waals surface area contributed by atoms with Crippen LogP contribution in [-0.4, -0.2) is 52.0 Å². The number of aromatic hydroxyl groups is 1. The Morgan fingerprint density at radius 2 is 1.54 bits per heavy atom. The second-order valence-corrected chi connectivity index (χ2v) is 10.3. The second kappa shape index (κ2) is 10.1. The number of hydrogen-bond donors (Lipinski definition) is 4. The molecule has 3 aromatic rings. The molecule has 5 heteroatoms. The Morgan fingerprint density at radius 1 is 0.943 bits per heavy atom. The largest absolute Gasteiger partial charge is 0.508 e. The summed E-state index contributed by atoms with van der Waals surface area (Å²) in [5.74, 6) is 1.02. The highest BCUT2D eigenvalue weighted by Gasteiger charge is 2.46. The molecule has 6 rings (SSSR count). The number of nitrogens with zero attached hydrogens (tertiary/aromatic N) is 1. The summed E-state index contributed by atoms with van der Waals surface area (Å²) in [5.41, 5.74) is 2.65. The number of rotatable bonds is 8. The van der Waals surface area contributed by atoms with Crippen molar-refractivity contribution in [3.05, 3.63) is 101 Å². The van der Waals surface area contributed by atoms with Crippen molar-refractivity contribution in [3.63, 3.8) is 0 Å². The smallest absolute Gasteiger partial charge is 0.120 e. The lowest BCUT2D eigenvalue weighted by atomic mass is 9.70. The van der Waals surface area contributed by atoms with Gasteiger partial charge in [-0.1, -0.05) is 66.7 Å². The van der Waals surface area contributed by atoms with Crippen molar-refractivity contribution >= 4 is 0 Å². The van der Waals surface area contributed by atoms with E-state index in [0.717, 1.165) is 18.7 Å². The van der Waals surface area contributed by atoms with Gasteiger partial charge in [0.15, 0.2) is 0 Å². The van der Waals surface area contributed by atoms with Gasteiger partial charge in [-0.15, -0.1) is 0 Å². The molecule has 35 heavy (non-hydrogen) atoms. The highest BCUT2D eigenvalue weighted by Crippen LogP contribution is 2.42. The Kier molecular flexibility index (Phi) is 6.94. The molecule has 3 saturated heterocycles. The first-order valence-corrected chi connectivity index (χ1v) is 12.7. The van der Waals surface area contributed by atoms with Crippen LogP contribution in [0.15, 0.2) is 78.9 Å². The van der Waals surface area contributed by atoms with E-state index >= 15 is 0 Å². The molecule has 3 fully saturated rings. The Bertz CT molecular complexity index is 1070. The predicted octanol–water partition coefficient (Wildman–Crippen LogP) is 3.98. The van der Waals surface area contributed by atoms with Gasteiger partial charge in [0.25, 0.3) is 0 Å². The van der Waals surface area contributed by atoms with Gasteiger partial charge in [0.2, 0.25) is 0 Å². The second-order valence-electron chi connectivity index (χ2n) is 10.3. The molecule has 3 heterocycles. The highest BCUT2D eigenvalue weighted by atomic mass is 16.3. The minimum atomic E-state index is -1.34. The maximum Gasteiger partial charge on any atom is 0.120 e. The van der Waals surface area contributed by atoms with E-state index in [1.165, 1.54) is 24.0 Å². The van der Waals surface area contributed by atoms with Crippen LogP contribution in [0.2, 0.25) is 0 Å². The maximum atomic E-state index is 10.6. The molecule has 0 aromatic heterocycles. The Balaban J connectivity index is 1.47. The molecule has 3 aliphatic rings. The third-order valence-corrected chi connectivity index (χ3v) is 8.07. The van der Waals surface area contributed by atoms with Crippen molar-refractivity contribution in [2.24, 2.45) is 5.92 Å². The number of phenolic OH excluding ortho intramolecular Hbond substituents is 1. The van der Waals surface area contributed by atoms with E-state index in [0.29, 0.717) is 24.1 Å². The molecule has 0 aliphatic carbocycles. The van der Waals surface area contributed by atoms with E-state index in [2.05, 4.69) is 70.9 Å². The van der Waals surface area contributed by atoms with Gasteiger partial charge in [-0.2, -0.15) is 0 Å². The Hall–Kier alpha value is -2.70. The van der Waals surface area contributed by atoms with Crippen LogP contribution in [0.4, 0.5) is 0 Å². The Labute approximate surface area is 208 Å². The van der Waals surface area contributed by atoms with Crippen molar-refractivity contribution in [2.45, 2.75) is 49.9 Å². The molecule has 1 unspecified atom stereocenters. The molecule has 0 saturated carbocycles. The van der Waals surface area contributed by atoms with Crippen LogP contribution in [0, 0.1) is 5.92 Å². The Morgan fingerprint density at radius 3 is 2.11 bits per heavy atom. The molecule has 4 N–H and O–H groups in total. The summed E-state index contributed by atoms with van der Waals surface area (Å²) in [7, 11) is 0. The van der Waals surface area contributed by atoms with Crippen LogP contribution in [0.1, 0.15) is 47.9 Å². The lowest BCUT2D eigenvalue weighted by Gasteiger charge is -2.54. The molecular formula is C30H36N2O3. The van der Waals surface area contributed by atoms with Crippen molar-refractivity contribution in [3.8, 4) is 5.75 Å². The summed E-state index contributed by atoms with van der Waals surface area (Å²) in [5, 5.41) is 34.5. The number of aliphatic hydroxyl groups is 2. The van der Waals surface area contributed by atoms with E-state index < -0.39 is 5.60 Å². The van der Waals surface area contributed by atoms with Crippen LogP contribution in [0.5, 0.6) is 5.75 Å². The van der Waals surface area contributed by atoms with E-state index in [1.54, 1.807) is 25.1 Å². The predicted molar refractivity (Wildman–Crippen MR) is 138 cm³/mol. The van der Waals surface area contributed by atoms with Crippen LogP contribution in [0.25, 0.3) is 0 Å². The average molecular weight is 473 g/mol. The number of hydrogen-bond acceptors (Lipinski definition) is 5. The van der Waals surface area contributed by atoms with E-state index in [1.807, 2.05) is 0 Å².